The second-order valence-electron chi connectivity index (χ2n) is 7.00. The predicted octanol–water partition coefficient (Wildman–Crippen LogP) is 5.16. The smallest absolute Gasteiger partial charge is 0.410 e. The number of carbonyl (C=O) groups excluding carboxylic acids is 1. The molecule has 2 heterocycles. The molecule has 0 radical (unpaired) electrons. The summed E-state index contributed by atoms with van der Waals surface area (Å²) in [4.78, 5) is 19.0. The van der Waals surface area contributed by atoms with Crippen LogP contribution in [0.4, 0.5) is 10.6 Å². The van der Waals surface area contributed by atoms with Gasteiger partial charge in [-0.1, -0.05) is 49.7 Å². The lowest BCUT2D eigenvalue weighted by Crippen LogP contribution is -2.38. The van der Waals surface area contributed by atoms with Gasteiger partial charge in [-0.15, -0.1) is 0 Å². The van der Waals surface area contributed by atoms with Gasteiger partial charge in [0, 0.05) is 19.3 Å². The number of ether oxygens (including phenoxy) is 1. The summed E-state index contributed by atoms with van der Waals surface area (Å²) in [6.07, 6.45) is 7.02. The molecule has 5 heteroatoms. The summed E-state index contributed by atoms with van der Waals surface area (Å²) in [5, 5.41) is 3.33. The fraction of sp³-hybridized carbons (Fsp3) is 0.455. The predicted molar refractivity (Wildman–Crippen MR) is 108 cm³/mol. The van der Waals surface area contributed by atoms with Gasteiger partial charge in [-0.25, -0.2) is 9.78 Å². The minimum Gasteiger partial charge on any atom is -0.445 e. The van der Waals surface area contributed by atoms with Crippen molar-refractivity contribution in [2.75, 3.05) is 18.4 Å². The topological polar surface area (TPSA) is 54.5 Å². The molecule has 144 valence electrons. The third kappa shape index (κ3) is 5.46. The number of unbranched alkanes of at least 4 members (excludes halogenated alkanes) is 1. The van der Waals surface area contributed by atoms with Gasteiger partial charge >= 0.3 is 6.09 Å². The second kappa shape index (κ2) is 9.95. The number of anilines is 1. The lowest BCUT2D eigenvalue weighted by molar-refractivity contribution is 0.0678. The Balaban J connectivity index is 1.61. The number of rotatable bonds is 7. The highest BCUT2D eigenvalue weighted by molar-refractivity contribution is 5.68. The van der Waals surface area contributed by atoms with Gasteiger partial charge in [0.15, 0.2) is 0 Å². The first-order valence-electron chi connectivity index (χ1n) is 9.95. The minimum absolute atomic E-state index is 0.0409. The zero-order chi connectivity index (χ0) is 18.9. The van der Waals surface area contributed by atoms with E-state index in [-0.39, 0.29) is 12.1 Å². The average Bonchev–Trinajstić information content (AvgIpc) is 2.73. The molecule has 1 atom stereocenters. The Hall–Kier alpha value is -2.56. The van der Waals surface area contributed by atoms with Crippen molar-refractivity contribution >= 4 is 11.9 Å². The molecule has 27 heavy (non-hydrogen) atoms. The minimum atomic E-state index is -0.242. The number of pyridine rings is 1. The summed E-state index contributed by atoms with van der Waals surface area (Å²) < 4.78 is 5.56. The van der Waals surface area contributed by atoms with Crippen LogP contribution < -0.4 is 5.32 Å². The zero-order valence-electron chi connectivity index (χ0n) is 16.1. The van der Waals surface area contributed by atoms with Crippen LogP contribution in [0.3, 0.4) is 0 Å². The van der Waals surface area contributed by atoms with Crippen molar-refractivity contribution in [1.29, 1.82) is 0 Å². The van der Waals surface area contributed by atoms with Crippen LogP contribution in [0.2, 0.25) is 0 Å². The van der Waals surface area contributed by atoms with Crippen molar-refractivity contribution in [3.05, 3.63) is 59.8 Å². The normalized spacial score (nSPS) is 16.8. The highest BCUT2D eigenvalue weighted by Gasteiger charge is 2.29. The van der Waals surface area contributed by atoms with Crippen LogP contribution >= 0.6 is 0 Å². The van der Waals surface area contributed by atoms with Gasteiger partial charge in [0.2, 0.25) is 0 Å². The molecule has 1 amide bonds. The first-order valence-corrected chi connectivity index (χ1v) is 9.95. The summed E-state index contributed by atoms with van der Waals surface area (Å²) >= 11 is 0. The molecule has 1 aliphatic heterocycles. The van der Waals surface area contributed by atoms with Crippen molar-refractivity contribution in [2.45, 2.75) is 51.7 Å². The zero-order valence-corrected chi connectivity index (χ0v) is 16.1. The highest BCUT2D eigenvalue weighted by Crippen LogP contribution is 2.31. The summed E-state index contributed by atoms with van der Waals surface area (Å²) in [6, 6.07) is 13.9. The van der Waals surface area contributed by atoms with Crippen molar-refractivity contribution in [2.24, 2.45) is 0 Å². The van der Waals surface area contributed by atoms with E-state index in [1.807, 2.05) is 47.5 Å². The first-order chi connectivity index (χ1) is 13.3. The number of nitrogens with zero attached hydrogens (tertiary/aromatic N) is 2. The van der Waals surface area contributed by atoms with E-state index in [1.165, 1.54) is 0 Å². The molecule has 0 aliphatic carbocycles. The van der Waals surface area contributed by atoms with Crippen LogP contribution in [0.15, 0.2) is 48.7 Å². The molecule has 1 saturated heterocycles. The summed E-state index contributed by atoms with van der Waals surface area (Å²) in [6.45, 7) is 4.15. The summed E-state index contributed by atoms with van der Waals surface area (Å²) in [7, 11) is 0. The van der Waals surface area contributed by atoms with Gasteiger partial charge in [-0.2, -0.15) is 0 Å². The van der Waals surface area contributed by atoms with Crippen molar-refractivity contribution in [3.8, 4) is 0 Å². The molecule has 0 bridgehead atoms. The van der Waals surface area contributed by atoms with Crippen LogP contribution in [0.5, 0.6) is 0 Å². The Bertz CT molecular complexity index is 703. The van der Waals surface area contributed by atoms with Gasteiger partial charge in [-0.05, 0) is 42.9 Å². The third-order valence-electron chi connectivity index (χ3n) is 4.95. The van der Waals surface area contributed by atoms with Gasteiger partial charge in [0.05, 0.1) is 6.04 Å². The monoisotopic (exact) mass is 367 g/mol. The SMILES string of the molecule is CCCCNc1ccc([C@H]2CCCCN2C(=O)OCc2ccccc2)cn1. The Kier molecular flexibility index (Phi) is 7.08. The maximum absolute atomic E-state index is 12.7. The molecular weight excluding hydrogens is 338 g/mol. The lowest BCUT2D eigenvalue weighted by Gasteiger charge is -2.35. The lowest BCUT2D eigenvalue weighted by atomic mass is 9.97. The first kappa shape index (κ1) is 19.2. The molecule has 0 unspecified atom stereocenters. The molecular formula is C22H29N3O2. The number of likely N-dealkylation sites (tertiary alicyclic amines) is 1. The summed E-state index contributed by atoms with van der Waals surface area (Å²) in [5.74, 6) is 0.890. The Morgan fingerprint density at radius 1 is 1.22 bits per heavy atom. The quantitative estimate of drug-likeness (QED) is 0.687. The number of hydrogen-bond donors (Lipinski definition) is 1. The molecule has 3 rings (SSSR count). The van der Waals surface area contributed by atoms with E-state index in [0.717, 1.165) is 62.1 Å². The van der Waals surface area contributed by atoms with Gasteiger partial charge < -0.3 is 15.0 Å². The Labute approximate surface area is 161 Å². The van der Waals surface area contributed by atoms with E-state index in [1.54, 1.807) is 0 Å². The van der Waals surface area contributed by atoms with Crippen LogP contribution in [0.1, 0.15) is 56.2 Å². The molecule has 0 spiro atoms. The van der Waals surface area contributed by atoms with Crippen LogP contribution in [0.25, 0.3) is 0 Å². The maximum Gasteiger partial charge on any atom is 0.410 e. The number of hydrogen-bond acceptors (Lipinski definition) is 4. The molecule has 1 N–H and O–H groups in total. The molecule has 2 aromatic rings. The van der Waals surface area contributed by atoms with Crippen LogP contribution in [0, 0.1) is 0 Å². The van der Waals surface area contributed by atoms with E-state index in [9.17, 15) is 4.79 Å². The average molecular weight is 367 g/mol. The van der Waals surface area contributed by atoms with Crippen LogP contribution in [-0.4, -0.2) is 29.1 Å². The second-order valence-corrected chi connectivity index (χ2v) is 7.00. The fourth-order valence-corrected chi connectivity index (χ4v) is 3.40. The van der Waals surface area contributed by atoms with Crippen LogP contribution in [-0.2, 0) is 11.3 Å². The molecule has 0 saturated carbocycles. The van der Waals surface area contributed by atoms with Crippen molar-refractivity contribution in [3.63, 3.8) is 0 Å². The largest absolute Gasteiger partial charge is 0.445 e. The summed E-state index contributed by atoms with van der Waals surface area (Å²) in [5.41, 5.74) is 2.08. The molecule has 1 aromatic heterocycles. The molecule has 5 nitrogen and oxygen atoms in total. The number of benzene rings is 1. The van der Waals surface area contributed by atoms with Gasteiger partial charge in [0.1, 0.15) is 12.4 Å². The van der Waals surface area contributed by atoms with E-state index in [0.29, 0.717) is 6.61 Å². The fourth-order valence-electron chi connectivity index (χ4n) is 3.40. The Morgan fingerprint density at radius 3 is 2.81 bits per heavy atom. The number of amides is 1. The van der Waals surface area contributed by atoms with Crippen molar-refractivity contribution in [1.82, 2.24) is 9.88 Å². The highest BCUT2D eigenvalue weighted by atomic mass is 16.6. The van der Waals surface area contributed by atoms with E-state index < -0.39 is 0 Å². The van der Waals surface area contributed by atoms with E-state index in [2.05, 4.69) is 23.3 Å². The molecule has 1 aliphatic rings. The third-order valence-corrected chi connectivity index (χ3v) is 4.95. The number of carbonyl (C=O) groups is 1. The van der Waals surface area contributed by atoms with Gasteiger partial charge in [-0.3, -0.25) is 0 Å². The number of aromatic nitrogens is 1. The number of piperidine rings is 1. The molecule has 1 fully saturated rings. The van der Waals surface area contributed by atoms with E-state index >= 15 is 0 Å². The van der Waals surface area contributed by atoms with Gasteiger partial charge in [0.25, 0.3) is 0 Å². The molecule has 1 aromatic carbocycles. The Morgan fingerprint density at radius 2 is 2.07 bits per heavy atom. The van der Waals surface area contributed by atoms with E-state index in [4.69, 9.17) is 4.74 Å². The maximum atomic E-state index is 12.7. The number of nitrogens with one attached hydrogen (secondary N) is 1. The standard InChI is InChI=1S/C22H29N3O2/c1-2-3-14-23-21-13-12-19(16-24-21)20-11-7-8-15-25(20)22(26)27-17-18-9-5-4-6-10-18/h4-6,9-10,12-13,16,20H,2-3,7-8,11,14-15,17H2,1H3,(H,23,24)/t20-/m1/s1. The van der Waals surface area contributed by atoms with Crippen molar-refractivity contribution < 1.29 is 9.53 Å².